The van der Waals surface area contributed by atoms with Crippen LogP contribution in [0.4, 0.5) is 0 Å². The monoisotopic (exact) mass is 225 g/mol. The fourth-order valence-corrected chi connectivity index (χ4v) is 2.00. The van der Waals surface area contributed by atoms with E-state index in [-0.39, 0.29) is 11.7 Å². The number of nitrogens with zero attached hydrogens (tertiary/aromatic N) is 3. The Hall–Kier alpha value is -1.47. The van der Waals surface area contributed by atoms with Gasteiger partial charge in [-0.1, -0.05) is 0 Å². The van der Waals surface area contributed by atoms with Gasteiger partial charge in [0.2, 0.25) is 0 Å². The maximum atomic E-state index is 11.3. The summed E-state index contributed by atoms with van der Waals surface area (Å²) in [5, 5.41) is 11.6. The van der Waals surface area contributed by atoms with Gasteiger partial charge in [-0.25, -0.2) is 19.4 Å². The van der Waals surface area contributed by atoms with Gasteiger partial charge in [0.25, 0.3) is 0 Å². The molecule has 0 amide bonds. The molecule has 2 heterocycles. The minimum Gasteiger partial charge on any atom is -0.312 e. The van der Waals surface area contributed by atoms with Gasteiger partial charge in [0, 0.05) is 11.4 Å². The van der Waals surface area contributed by atoms with Crippen molar-refractivity contribution in [1.82, 2.24) is 25.1 Å². The van der Waals surface area contributed by atoms with Gasteiger partial charge in [-0.2, -0.15) is 5.10 Å². The number of H-pyrrole nitrogens is 1. The van der Waals surface area contributed by atoms with Gasteiger partial charge in [0.1, 0.15) is 6.33 Å². The molecule has 0 aliphatic carbocycles. The van der Waals surface area contributed by atoms with E-state index in [1.807, 2.05) is 19.4 Å². The fourth-order valence-electron chi connectivity index (χ4n) is 1.12. The summed E-state index contributed by atoms with van der Waals surface area (Å²) in [6, 6.07) is 0.178. The summed E-state index contributed by atoms with van der Waals surface area (Å²) in [6.45, 7) is 2.01. The highest BCUT2D eigenvalue weighted by atomic mass is 32.1. The second kappa shape index (κ2) is 3.95. The molecule has 0 radical (unpaired) electrons. The molecule has 0 saturated heterocycles. The molecule has 0 aromatic carbocycles. The lowest BCUT2D eigenvalue weighted by atomic mass is 10.3. The van der Waals surface area contributed by atoms with E-state index in [4.69, 9.17) is 0 Å². The first-order valence-electron chi connectivity index (χ1n) is 4.47. The van der Waals surface area contributed by atoms with Crippen molar-refractivity contribution in [2.24, 2.45) is 0 Å². The summed E-state index contributed by atoms with van der Waals surface area (Å²) in [7, 11) is 1.87. The molecule has 0 aliphatic rings. The maximum Gasteiger partial charge on any atom is 0.349 e. The van der Waals surface area contributed by atoms with Crippen LogP contribution in [0.15, 0.2) is 16.5 Å². The van der Waals surface area contributed by atoms with Gasteiger partial charge < -0.3 is 5.32 Å². The first-order valence-corrected chi connectivity index (χ1v) is 5.35. The highest BCUT2D eigenvalue weighted by Gasteiger charge is 2.10. The van der Waals surface area contributed by atoms with Crippen molar-refractivity contribution in [2.75, 3.05) is 7.05 Å². The highest BCUT2D eigenvalue weighted by molar-refractivity contribution is 7.12. The Morgan fingerprint density at radius 1 is 1.67 bits per heavy atom. The SMILES string of the molecule is CNC(C)c1csc(-n2cn[nH]c2=O)n1. The van der Waals surface area contributed by atoms with Crippen LogP contribution < -0.4 is 11.0 Å². The molecule has 2 aromatic heterocycles. The van der Waals surface area contributed by atoms with E-state index in [1.165, 1.54) is 22.2 Å². The number of hydrogen-bond donors (Lipinski definition) is 2. The highest BCUT2D eigenvalue weighted by Crippen LogP contribution is 2.17. The maximum absolute atomic E-state index is 11.3. The van der Waals surface area contributed by atoms with Crippen LogP contribution >= 0.6 is 11.3 Å². The van der Waals surface area contributed by atoms with E-state index in [0.717, 1.165) is 5.69 Å². The summed E-state index contributed by atoms with van der Waals surface area (Å²) in [5.41, 5.74) is 0.651. The molecule has 2 N–H and O–H groups in total. The summed E-state index contributed by atoms with van der Waals surface area (Å²) < 4.78 is 1.39. The summed E-state index contributed by atoms with van der Waals surface area (Å²) in [5.74, 6) is 0. The third-order valence-electron chi connectivity index (χ3n) is 2.14. The normalized spacial score (nSPS) is 12.9. The number of aromatic amines is 1. The molecule has 80 valence electrons. The van der Waals surface area contributed by atoms with E-state index >= 15 is 0 Å². The Balaban J connectivity index is 2.36. The number of hydrogen-bond acceptors (Lipinski definition) is 5. The van der Waals surface area contributed by atoms with Crippen LogP contribution in [0.1, 0.15) is 18.7 Å². The smallest absolute Gasteiger partial charge is 0.312 e. The van der Waals surface area contributed by atoms with Gasteiger partial charge in [0.15, 0.2) is 5.13 Å². The first kappa shape index (κ1) is 10.1. The second-order valence-corrected chi connectivity index (χ2v) is 3.93. The molecule has 0 fully saturated rings. The number of thiazole rings is 1. The minimum absolute atomic E-state index is 0.178. The van der Waals surface area contributed by atoms with Crippen LogP contribution in [0.25, 0.3) is 5.13 Å². The van der Waals surface area contributed by atoms with Crippen molar-refractivity contribution >= 4 is 11.3 Å². The Morgan fingerprint density at radius 3 is 3.07 bits per heavy atom. The Labute approximate surface area is 90.0 Å². The van der Waals surface area contributed by atoms with Crippen LogP contribution in [0.2, 0.25) is 0 Å². The summed E-state index contributed by atoms with van der Waals surface area (Å²) in [6.07, 6.45) is 1.43. The van der Waals surface area contributed by atoms with Crippen molar-refractivity contribution in [1.29, 1.82) is 0 Å². The van der Waals surface area contributed by atoms with E-state index in [9.17, 15) is 4.79 Å². The van der Waals surface area contributed by atoms with Crippen LogP contribution in [0, 0.1) is 0 Å². The van der Waals surface area contributed by atoms with E-state index in [2.05, 4.69) is 20.5 Å². The lowest BCUT2D eigenvalue weighted by Crippen LogP contribution is -2.15. The van der Waals surface area contributed by atoms with Crippen molar-refractivity contribution in [3.63, 3.8) is 0 Å². The molecule has 6 nitrogen and oxygen atoms in total. The molecule has 2 rings (SSSR count). The minimum atomic E-state index is -0.270. The third-order valence-corrected chi connectivity index (χ3v) is 3.00. The number of aromatic nitrogens is 4. The zero-order valence-electron chi connectivity index (χ0n) is 8.39. The lowest BCUT2D eigenvalue weighted by Gasteiger charge is -2.04. The predicted molar refractivity (Wildman–Crippen MR) is 57.3 cm³/mol. The summed E-state index contributed by atoms with van der Waals surface area (Å²) in [4.78, 5) is 15.6. The summed E-state index contributed by atoms with van der Waals surface area (Å²) >= 11 is 1.42. The number of nitrogens with one attached hydrogen (secondary N) is 2. The molecule has 0 saturated carbocycles. The van der Waals surface area contributed by atoms with E-state index in [0.29, 0.717) is 5.13 Å². The van der Waals surface area contributed by atoms with Gasteiger partial charge in [-0.05, 0) is 14.0 Å². The zero-order chi connectivity index (χ0) is 10.8. The van der Waals surface area contributed by atoms with Crippen molar-refractivity contribution in [2.45, 2.75) is 13.0 Å². The number of rotatable bonds is 3. The van der Waals surface area contributed by atoms with Gasteiger partial charge in [-0.3, -0.25) is 0 Å². The average Bonchev–Trinajstić information content (AvgIpc) is 2.84. The van der Waals surface area contributed by atoms with Gasteiger partial charge in [0.05, 0.1) is 5.69 Å². The molecule has 2 aromatic rings. The second-order valence-electron chi connectivity index (χ2n) is 3.10. The Morgan fingerprint density at radius 2 is 2.47 bits per heavy atom. The van der Waals surface area contributed by atoms with E-state index in [1.54, 1.807) is 0 Å². The third kappa shape index (κ3) is 1.83. The largest absolute Gasteiger partial charge is 0.349 e. The Bertz CT molecular complexity index is 499. The van der Waals surface area contributed by atoms with Crippen LogP contribution in [-0.2, 0) is 0 Å². The predicted octanol–water partition coefficient (Wildman–Crippen LogP) is 0.297. The van der Waals surface area contributed by atoms with Crippen LogP contribution in [0.5, 0.6) is 0 Å². The van der Waals surface area contributed by atoms with Crippen molar-refractivity contribution < 1.29 is 0 Å². The van der Waals surface area contributed by atoms with Crippen molar-refractivity contribution in [3.05, 3.63) is 27.9 Å². The molecule has 0 bridgehead atoms. The Kier molecular flexibility index (Phi) is 2.65. The molecule has 15 heavy (non-hydrogen) atoms. The molecule has 7 heteroatoms. The molecule has 0 aliphatic heterocycles. The lowest BCUT2D eigenvalue weighted by molar-refractivity contribution is 0.635. The molecular formula is C8H11N5OS. The van der Waals surface area contributed by atoms with Crippen LogP contribution in [-0.4, -0.2) is 26.8 Å². The quantitative estimate of drug-likeness (QED) is 0.787. The van der Waals surface area contributed by atoms with Crippen molar-refractivity contribution in [3.8, 4) is 5.13 Å². The molecule has 1 atom stereocenters. The van der Waals surface area contributed by atoms with Gasteiger partial charge in [-0.15, -0.1) is 11.3 Å². The van der Waals surface area contributed by atoms with Crippen LogP contribution in [0.3, 0.4) is 0 Å². The standard InChI is InChI=1S/C8H11N5OS/c1-5(9-2)6-3-15-8(11-6)13-4-10-12-7(13)14/h3-5,9H,1-2H3,(H,12,14). The molecule has 0 spiro atoms. The zero-order valence-corrected chi connectivity index (χ0v) is 9.21. The fraction of sp³-hybridized carbons (Fsp3) is 0.375. The molecule has 1 unspecified atom stereocenters. The molecular weight excluding hydrogens is 214 g/mol. The topological polar surface area (TPSA) is 75.6 Å². The first-order chi connectivity index (χ1) is 7.22. The van der Waals surface area contributed by atoms with E-state index < -0.39 is 0 Å². The average molecular weight is 225 g/mol. The van der Waals surface area contributed by atoms with Gasteiger partial charge >= 0.3 is 5.69 Å².